The van der Waals surface area contributed by atoms with Gasteiger partial charge < -0.3 is 11.1 Å². The van der Waals surface area contributed by atoms with Crippen molar-refractivity contribution in [1.29, 1.82) is 0 Å². The van der Waals surface area contributed by atoms with E-state index in [9.17, 15) is 9.18 Å². The Kier molecular flexibility index (Phi) is 3.71. The standard InChI is InChI=1S/C14H12ClFN2O/c1-8-11(15)3-2-4-12(8)18-13-7-9(16)5-6-10(13)14(17)19/h2-7,18H,1H3,(H2,17,19). The van der Waals surface area contributed by atoms with Gasteiger partial charge in [-0.05, 0) is 42.8 Å². The zero-order valence-electron chi connectivity index (χ0n) is 10.2. The van der Waals surface area contributed by atoms with Gasteiger partial charge in [0, 0.05) is 10.7 Å². The highest BCUT2D eigenvalue weighted by molar-refractivity contribution is 6.31. The van der Waals surface area contributed by atoms with Crippen molar-refractivity contribution in [2.75, 3.05) is 5.32 Å². The SMILES string of the molecule is Cc1c(Cl)cccc1Nc1cc(F)ccc1C(N)=O. The highest BCUT2D eigenvalue weighted by Crippen LogP contribution is 2.28. The monoisotopic (exact) mass is 278 g/mol. The molecule has 0 radical (unpaired) electrons. The molecule has 0 aliphatic heterocycles. The molecule has 0 saturated carbocycles. The van der Waals surface area contributed by atoms with Gasteiger partial charge in [0.1, 0.15) is 5.82 Å². The molecule has 0 unspecified atom stereocenters. The van der Waals surface area contributed by atoms with E-state index < -0.39 is 11.7 Å². The van der Waals surface area contributed by atoms with Crippen molar-refractivity contribution >= 4 is 28.9 Å². The number of carbonyl (C=O) groups is 1. The number of nitrogens with two attached hydrogens (primary N) is 1. The number of rotatable bonds is 3. The summed E-state index contributed by atoms with van der Waals surface area (Å²) in [6, 6.07) is 9.07. The van der Waals surface area contributed by atoms with Crippen LogP contribution in [0, 0.1) is 12.7 Å². The zero-order valence-corrected chi connectivity index (χ0v) is 11.0. The maximum Gasteiger partial charge on any atom is 0.250 e. The first-order valence-corrected chi connectivity index (χ1v) is 5.98. The highest BCUT2D eigenvalue weighted by atomic mass is 35.5. The normalized spacial score (nSPS) is 10.3. The first kappa shape index (κ1) is 13.4. The summed E-state index contributed by atoms with van der Waals surface area (Å²) in [5.74, 6) is -1.07. The van der Waals surface area contributed by atoms with Crippen molar-refractivity contribution in [2.24, 2.45) is 5.73 Å². The minimum absolute atomic E-state index is 0.223. The lowest BCUT2D eigenvalue weighted by Crippen LogP contribution is -2.13. The molecular formula is C14H12ClFN2O. The van der Waals surface area contributed by atoms with Crippen LogP contribution in [-0.2, 0) is 0 Å². The number of carbonyl (C=O) groups excluding carboxylic acids is 1. The first-order valence-electron chi connectivity index (χ1n) is 5.60. The van der Waals surface area contributed by atoms with Gasteiger partial charge in [-0.1, -0.05) is 17.7 Å². The van der Waals surface area contributed by atoms with E-state index in [2.05, 4.69) is 5.32 Å². The predicted octanol–water partition coefficient (Wildman–Crippen LogP) is 3.63. The van der Waals surface area contributed by atoms with Crippen molar-refractivity contribution in [2.45, 2.75) is 6.92 Å². The fraction of sp³-hybridized carbons (Fsp3) is 0.0714. The first-order chi connectivity index (χ1) is 8.99. The lowest BCUT2D eigenvalue weighted by Gasteiger charge is -2.13. The van der Waals surface area contributed by atoms with E-state index in [0.29, 0.717) is 16.4 Å². The summed E-state index contributed by atoms with van der Waals surface area (Å²) >= 11 is 6.01. The Morgan fingerprint density at radius 2 is 2.00 bits per heavy atom. The van der Waals surface area contributed by atoms with Crippen molar-refractivity contribution in [3.8, 4) is 0 Å². The molecule has 19 heavy (non-hydrogen) atoms. The molecule has 5 heteroatoms. The van der Waals surface area contributed by atoms with E-state index in [1.165, 1.54) is 18.2 Å². The van der Waals surface area contributed by atoms with Gasteiger partial charge in [-0.3, -0.25) is 4.79 Å². The number of nitrogens with one attached hydrogen (secondary N) is 1. The smallest absolute Gasteiger partial charge is 0.250 e. The molecule has 0 saturated heterocycles. The molecule has 0 aliphatic carbocycles. The summed E-state index contributed by atoms with van der Waals surface area (Å²) in [5, 5.41) is 3.56. The van der Waals surface area contributed by atoms with Crippen LogP contribution >= 0.6 is 11.6 Å². The number of benzene rings is 2. The third-order valence-electron chi connectivity index (χ3n) is 2.78. The molecule has 3 N–H and O–H groups in total. The van der Waals surface area contributed by atoms with E-state index >= 15 is 0 Å². The Morgan fingerprint density at radius 1 is 1.26 bits per heavy atom. The van der Waals surface area contributed by atoms with E-state index in [-0.39, 0.29) is 5.56 Å². The number of hydrogen-bond acceptors (Lipinski definition) is 2. The minimum atomic E-state index is -0.623. The maximum atomic E-state index is 13.3. The fourth-order valence-corrected chi connectivity index (χ4v) is 1.90. The lowest BCUT2D eigenvalue weighted by molar-refractivity contribution is 0.100. The Hall–Kier alpha value is -2.07. The van der Waals surface area contributed by atoms with Crippen LogP contribution < -0.4 is 11.1 Å². The third kappa shape index (κ3) is 2.85. The molecule has 0 aliphatic rings. The molecule has 2 aromatic carbocycles. The van der Waals surface area contributed by atoms with Crippen molar-refractivity contribution < 1.29 is 9.18 Å². The molecule has 0 atom stereocenters. The second-order valence-electron chi connectivity index (χ2n) is 4.09. The summed E-state index contributed by atoms with van der Waals surface area (Å²) in [4.78, 5) is 11.3. The Balaban J connectivity index is 2.45. The topological polar surface area (TPSA) is 55.1 Å². The van der Waals surface area contributed by atoms with Gasteiger partial charge in [0.15, 0.2) is 0 Å². The average molecular weight is 279 g/mol. The van der Waals surface area contributed by atoms with Crippen LogP contribution in [0.3, 0.4) is 0 Å². The maximum absolute atomic E-state index is 13.3. The molecule has 2 rings (SSSR count). The molecule has 0 bridgehead atoms. The summed E-state index contributed by atoms with van der Waals surface area (Å²) in [7, 11) is 0. The van der Waals surface area contributed by atoms with Crippen LogP contribution in [0.25, 0.3) is 0 Å². The summed E-state index contributed by atoms with van der Waals surface area (Å²) < 4.78 is 13.3. The van der Waals surface area contributed by atoms with Gasteiger partial charge in [-0.25, -0.2) is 4.39 Å². The second-order valence-corrected chi connectivity index (χ2v) is 4.50. The Labute approximate surface area is 115 Å². The quantitative estimate of drug-likeness (QED) is 0.901. The van der Waals surface area contributed by atoms with Crippen molar-refractivity contribution in [3.05, 3.63) is 58.4 Å². The molecule has 98 valence electrons. The number of halogens is 2. The van der Waals surface area contributed by atoms with Gasteiger partial charge in [0.2, 0.25) is 0 Å². The summed E-state index contributed by atoms with van der Waals surface area (Å²) in [6.45, 7) is 1.83. The van der Waals surface area contributed by atoms with Crippen LogP contribution in [0.2, 0.25) is 5.02 Å². The van der Waals surface area contributed by atoms with Crippen molar-refractivity contribution in [3.63, 3.8) is 0 Å². The van der Waals surface area contributed by atoms with Crippen LogP contribution in [0.15, 0.2) is 36.4 Å². The molecule has 0 heterocycles. The van der Waals surface area contributed by atoms with Gasteiger partial charge in [-0.15, -0.1) is 0 Å². The second kappa shape index (κ2) is 5.28. The van der Waals surface area contributed by atoms with Crippen molar-refractivity contribution in [1.82, 2.24) is 0 Å². The van der Waals surface area contributed by atoms with E-state index in [4.69, 9.17) is 17.3 Å². The fourth-order valence-electron chi connectivity index (χ4n) is 1.72. The molecule has 1 amide bonds. The molecule has 0 spiro atoms. The van der Waals surface area contributed by atoms with Crippen LogP contribution in [0.5, 0.6) is 0 Å². The number of hydrogen-bond donors (Lipinski definition) is 2. The minimum Gasteiger partial charge on any atom is -0.366 e. The molecule has 0 fully saturated rings. The van der Waals surface area contributed by atoms with Crippen LogP contribution in [-0.4, -0.2) is 5.91 Å². The molecule has 3 nitrogen and oxygen atoms in total. The number of anilines is 2. The van der Waals surface area contributed by atoms with E-state index in [0.717, 1.165) is 5.56 Å². The van der Waals surface area contributed by atoms with Crippen LogP contribution in [0.4, 0.5) is 15.8 Å². The van der Waals surface area contributed by atoms with Gasteiger partial charge in [-0.2, -0.15) is 0 Å². The average Bonchev–Trinajstić information content (AvgIpc) is 2.35. The highest BCUT2D eigenvalue weighted by Gasteiger charge is 2.11. The van der Waals surface area contributed by atoms with E-state index in [1.807, 2.05) is 6.92 Å². The van der Waals surface area contributed by atoms with Crippen LogP contribution in [0.1, 0.15) is 15.9 Å². The van der Waals surface area contributed by atoms with Gasteiger partial charge in [0.05, 0.1) is 11.3 Å². The lowest BCUT2D eigenvalue weighted by atomic mass is 10.1. The molecular weight excluding hydrogens is 267 g/mol. The van der Waals surface area contributed by atoms with Gasteiger partial charge in [0.25, 0.3) is 5.91 Å². The molecule has 2 aromatic rings. The third-order valence-corrected chi connectivity index (χ3v) is 3.19. The molecule has 0 aromatic heterocycles. The Bertz CT molecular complexity index is 643. The predicted molar refractivity (Wildman–Crippen MR) is 74.4 cm³/mol. The summed E-state index contributed by atoms with van der Waals surface area (Å²) in [6.07, 6.45) is 0. The largest absolute Gasteiger partial charge is 0.366 e. The van der Waals surface area contributed by atoms with E-state index in [1.54, 1.807) is 18.2 Å². The Morgan fingerprint density at radius 3 is 2.68 bits per heavy atom. The summed E-state index contributed by atoms with van der Waals surface area (Å²) in [5.41, 5.74) is 7.30. The van der Waals surface area contributed by atoms with Gasteiger partial charge >= 0.3 is 0 Å². The zero-order chi connectivity index (χ0) is 14.0. The number of primary amides is 1. The number of amides is 1.